The van der Waals surface area contributed by atoms with E-state index in [0.29, 0.717) is 0 Å². The molecule has 2 rings (SSSR count). The molecular formula is C13H17Cl2N2O-. The van der Waals surface area contributed by atoms with Gasteiger partial charge in [0.1, 0.15) is 5.88 Å². The zero-order chi connectivity index (χ0) is 12.1. The lowest BCUT2D eigenvalue weighted by molar-refractivity contribution is -0.130. The number of nitrogens with zero attached hydrogens (tertiary/aromatic N) is 2. The molecule has 0 aromatic heterocycles. The van der Waals surface area contributed by atoms with Crippen molar-refractivity contribution in [3.8, 4) is 0 Å². The van der Waals surface area contributed by atoms with Gasteiger partial charge in [-0.05, 0) is 5.56 Å². The van der Waals surface area contributed by atoms with E-state index in [4.69, 9.17) is 11.6 Å². The lowest BCUT2D eigenvalue weighted by Crippen LogP contribution is -3.00. The summed E-state index contributed by atoms with van der Waals surface area (Å²) in [6.45, 7) is 4.40. The van der Waals surface area contributed by atoms with Gasteiger partial charge < -0.3 is 17.3 Å². The van der Waals surface area contributed by atoms with E-state index in [9.17, 15) is 4.79 Å². The number of carbonyl (C=O) groups excluding carboxylic acids is 1. The molecule has 0 bridgehead atoms. The molecule has 0 atom stereocenters. The van der Waals surface area contributed by atoms with E-state index < -0.39 is 0 Å². The van der Waals surface area contributed by atoms with Gasteiger partial charge in [0.25, 0.3) is 0 Å². The Hall–Kier alpha value is -0.770. The molecule has 0 aliphatic carbocycles. The predicted octanol–water partition coefficient (Wildman–Crippen LogP) is -1.43. The summed E-state index contributed by atoms with van der Waals surface area (Å²) in [6, 6.07) is 10.4. The standard InChI is InChI=1S/C13H17ClN2O.ClH/c14-10-13(17)16-8-6-15(7-9-16)11-12-4-2-1-3-5-12;/h1-5H,6-11H2;1H/p-1. The maximum absolute atomic E-state index is 11.4. The summed E-state index contributed by atoms with van der Waals surface area (Å²) in [4.78, 5) is 15.6. The Morgan fingerprint density at radius 1 is 1.11 bits per heavy atom. The second-order valence-electron chi connectivity index (χ2n) is 4.28. The molecule has 1 saturated heterocycles. The molecule has 1 heterocycles. The summed E-state index contributed by atoms with van der Waals surface area (Å²) in [5.41, 5.74) is 1.32. The molecule has 100 valence electrons. The lowest BCUT2D eigenvalue weighted by Gasteiger charge is -2.34. The Bertz CT molecular complexity index is 365. The minimum absolute atomic E-state index is 0. The fourth-order valence-electron chi connectivity index (χ4n) is 2.08. The quantitative estimate of drug-likeness (QED) is 0.637. The number of hydrogen-bond acceptors (Lipinski definition) is 2. The maximum Gasteiger partial charge on any atom is 0.237 e. The molecule has 1 aliphatic heterocycles. The molecule has 0 unspecified atom stereocenters. The molecule has 0 saturated carbocycles. The van der Waals surface area contributed by atoms with Crippen molar-refractivity contribution in [1.29, 1.82) is 0 Å². The first kappa shape index (κ1) is 15.3. The number of halogens is 2. The van der Waals surface area contributed by atoms with Gasteiger partial charge in [0.05, 0.1) is 0 Å². The van der Waals surface area contributed by atoms with Crippen LogP contribution < -0.4 is 12.4 Å². The molecular weight excluding hydrogens is 271 g/mol. The number of carbonyl (C=O) groups is 1. The normalized spacial score (nSPS) is 16.2. The highest BCUT2D eigenvalue weighted by molar-refractivity contribution is 6.27. The molecule has 1 aromatic rings. The summed E-state index contributed by atoms with van der Waals surface area (Å²) in [6.07, 6.45) is 0. The van der Waals surface area contributed by atoms with Crippen molar-refractivity contribution in [2.45, 2.75) is 6.54 Å². The largest absolute Gasteiger partial charge is 1.00 e. The second-order valence-corrected chi connectivity index (χ2v) is 4.54. The Morgan fingerprint density at radius 2 is 1.72 bits per heavy atom. The molecule has 18 heavy (non-hydrogen) atoms. The second kappa shape index (κ2) is 7.62. The van der Waals surface area contributed by atoms with Gasteiger partial charge in [-0.25, -0.2) is 0 Å². The van der Waals surface area contributed by atoms with Gasteiger partial charge >= 0.3 is 0 Å². The van der Waals surface area contributed by atoms with Gasteiger partial charge in [0.2, 0.25) is 5.91 Å². The predicted molar refractivity (Wildman–Crippen MR) is 69.0 cm³/mol. The fraction of sp³-hybridized carbons (Fsp3) is 0.462. The summed E-state index contributed by atoms with van der Waals surface area (Å²) in [7, 11) is 0. The SMILES string of the molecule is O=C(CCl)N1CCN(Cc2ccccc2)CC1.[Cl-]. The molecule has 1 amide bonds. The van der Waals surface area contributed by atoms with E-state index in [1.807, 2.05) is 11.0 Å². The van der Waals surface area contributed by atoms with Crippen LogP contribution in [0, 0.1) is 0 Å². The van der Waals surface area contributed by atoms with Gasteiger partial charge in [0, 0.05) is 32.7 Å². The highest BCUT2D eigenvalue weighted by Gasteiger charge is 2.19. The third kappa shape index (κ3) is 4.16. The van der Waals surface area contributed by atoms with Crippen molar-refractivity contribution in [2.75, 3.05) is 32.1 Å². The Balaban J connectivity index is 0.00000162. The molecule has 3 nitrogen and oxygen atoms in total. The third-order valence-electron chi connectivity index (χ3n) is 3.09. The number of benzene rings is 1. The monoisotopic (exact) mass is 287 g/mol. The number of hydrogen-bond donors (Lipinski definition) is 0. The molecule has 0 spiro atoms. The minimum atomic E-state index is 0. The van der Waals surface area contributed by atoms with Crippen LogP contribution in [0.2, 0.25) is 0 Å². The van der Waals surface area contributed by atoms with Gasteiger partial charge in [0.15, 0.2) is 0 Å². The molecule has 5 heteroatoms. The van der Waals surface area contributed by atoms with Crippen LogP contribution in [0.15, 0.2) is 30.3 Å². The number of piperazine rings is 1. The summed E-state index contributed by atoms with van der Waals surface area (Å²) < 4.78 is 0. The first-order valence-corrected chi connectivity index (χ1v) is 6.43. The van der Waals surface area contributed by atoms with Crippen LogP contribution in [0.25, 0.3) is 0 Å². The zero-order valence-electron chi connectivity index (χ0n) is 10.2. The van der Waals surface area contributed by atoms with Crippen LogP contribution in [0.3, 0.4) is 0 Å². The van der Waals surface area contributed by atoms with Crippen molar-refractivity contribution in [3.63, 3.8) is 0 Å². The van der Waals surface area contributed by atoms with E-state index in [0.717, 1.165) is 32.7 Å². The molecule has 0 radical (unpaired) electrons. The Kier molecular flexibility index (Phi) is 6.47. The van der Waals surface area contributed by atoms with Crippen LogP contribution >= 0.6 is 11.6 Å². The minimum Gasteiger partial charge on any atom is -1.00 e. The smallest absolute Gasteiger partial charge is 0.237 e. The van der Waals surface area contributed by atoms with Crippen LogP contribution in [0.1, 0.15) is 5.56 Å². The fourth-order valence-corrected chi connectivity index (χ4v) is 2.25. The average molecular weight is 288 g/mol. The van der Waals surface area contributed by atoms with Crippen molar-refractivity contribution >= 4 is 17.5 Å². The number of alkyl halides is 1. The van der Waals surface area contributed by atoms with Gasteiger partial charge in [-0.15, -0.1) is 11.6 Å². The average Bonchev–Trinajstić information content (AvgIpc) is 2.40. The van der Waals surface area contributed by atoms with Crippen LogP contribution in [-0.4, -0.2) is 47.8 Å². The van der Waals surface area contributed by atoms with E-state index in [-0.39, 0.29) is 24.2 Å². The zero-order valence-corrected chi connectivity index (χ0v) is 11.7. The summed E-state index contributed by atoms with van der Waals surface area (Å²) >= 11 is 5.55. The topological polar surface area (TPSA) is 23.6 Å². The Labute approximate surface area is 119 Å². The van der Waals surface area contributed by atoms with Gasteiger partial charge in [-0.1, -0.05) is 30.3 Å². The van der Waals surface area contributed by atoms with E-state index >= 15 is 0 Å². The highest BCUT2D eigenvalue weighted by atomic mass is 35.5. The van der Waals surface area contributed by atoms with Crippen LogP contribution in [0.4, 0.5) is 0 Å². The van der Waals surface area contributed by atoms with Crippen molar-refractivity contribution in [1.82, 2.24) is 9.80 Å². The van der Waals surface area contributed by atoms with Crippen molar-refractivity contribution < 1.29 is 17.2 Å². The highest BCUT2D eigenvalue weighted by Crippen LogP contribution is 2.08. The van der Waals surface area contributed by atoms with E-state index in [1.165, 1.54) is 5.56 Å². The molecule has 1 aliphatic rings. The van der Waals surface area contributed by atoms with E-state index in [2.05, 4.69) is 29.2 Å². The van der Waals surface area contributed by atoms with Crippen molar-refractivity contribution in [3.05, 3.63) is 35.9 Å². The van der Waals surface area contributed by atoms with Crippen LogP contribution in [0.5, 0.6) is 0 Å². The Morgan fingerprint density at radius 3 is 2.28 bits per heavy atom. The molecule has 1 aromatic carbocycles. The van der Waals surface area contributed by atoms with Gasteiger partial charge in [-0.2, -0.15) is 0 Å². The molecule has 0 N–H and O–H groups in total. The lowest BCUT2D eigenvalue weighted by atomic mass is 10.2. The molecule has 1 fully saturated rings. The summed E-state index contributed by atoms with van der Waals surface area (Å²) in [5, 5.41) is 0. The van der Waals surface area contributed by atoms with Crippen molar-refractivity contribution in [2.24, 2.45) is 0 Å². The first-order chi connectivity index (χ1) is 8.29. The summed E-state index contributed by atoms with van der Waals surface area (Å²) in [5.74, 6) is 0.143. The van der Waals surface area contributed by atoms with Crippen LogP contribution in [-0.2, 0) is 11.3 Å². The third-order valence-corrected chi connectivity index (χ3v) is 3.32. The van der Waals surface area contributed by atoms with E-state index in [1.54, 1.807) is 0 Å². The maximum atomic E-state index is 11.4. The number of rotatable bonds is 3. The first-order valence-electron chi connectivity index (χ1n) is 5.89. The number of amides is 1. The van der Waals surface area contributed by atoms with Gasteiger partial charge in [-0.3, -0.25) is 9.69 Å².